The van der Waals surface area contributed by atoms with Crippen molar-refractivity contribution in [3.05, 3.63) is 100 Å². The minimum absolute atomic E-state index is 0.141. The van der Waals surface area contributed by atoms with E-state index >= 15 is 0 Å². The summed E-state index contributed by atoms with van der Waals surface area (Å²) in [6.07, 6.45) is 2.80. The number of para-hydroxylation sites is 1. The SMILES string of the molecule is Cc1ccc(CN2c3ccccc3C(=O)C(=CNCc3ccco3)S2(=O)=O)cc1. The van der Waals surface area contributed by atoms with Crippen molar-refractivity contribution in [3.63, 3.8) is 0 Å². The number of hydrogen-bond donors (Lipinski definition) is 1. The number of carbonyl (C=O) groups excluding carboxylic acids is 1. The van der Waals surface area contributed by atoms with Gasteiger partial charge in [0.15, 0.2) is 4.91 Å². The number of nitrogens with one attached hydrogen (secondary N) is 1. The Bertz CT molecular complexity index is 1160. The molecule has 1 aromatic heterocycles. The van der Waals surface area contributed by atoms with Crippen molar-refractivity contribution >= 4 is 21.5 Å². The quantitative estimate of drug-likeness (QED) is 0.651. The van der Waals surface area contributed by atoms with Gasteiger partial charge in [-0.05, 0) is 36.8 Å². The van der Waals surface area contributed by atoms with Gasteiger partial charge in [-0.25, -0.2) is 8.42 Å². The minimum atomic E-state index is -4.02. The Labute approximate surface area is 169 Å². The lowest BCUT2D eigenvalue weighted by Gasteiger charge is -2.31. The summed E-state index contributed by atoms with van der Waals surface area (Å²) in [6, 6.07) is 17.9. The van der Waals surface area contributed by atoms with Crippen molar-refractivity contribution in [2.45, 2.75) is 20.0 Å². The first kappa shape index (κ1) is 19.0. The maximum absolute atomic E-state index is 13.3. The Balaban J connectivity index is 1.72. The summed E-state index contributed by atoms with van der Waals surface area (Å²) >= 11 is 0. The van der Waals surface area contributed by atoms with Crippen LogP contribution < -0.4 is 9.62 Å². The lowest BCUT2D eigenvalue weighted by Crippen LogP contribution is -2.39. The van der Waals surface area contributed by atoms with Crippen LogP contribution >= 0.6 is 0 Å². The maximum atomic E-state index is 13.3. The molecule has 1 N–H and O–H groups in total. The molecule has 3 aromatic rings. The molecule has 0 unspecified atom stereocenters. The Kier molecular flexibility index (Phi) is 4.98. The number of furan rings is 1. The normalized spacial score (nSPS) is 16.7. The number of ketones is 1. The fourth-order valence-electron chi connectivity index (χ4n) is 3.21. The lowest BCUT2D eigenvalue weighted by atomic mass is 10.1. The van der Waals surface area contributed by atoms with Gasteiger partial charge in [0.25, 0.3) is 10.0 Å². The van der Waals surface area contributed by atoms with Crippen LogP contribution in [0.1, 0.15) is 27.2 Å². The second-order valence-electron chi connectivity index (χ2n) is 6.81. The summed E-state index contributed by atoms with van der Waals surface area (Å²) in [5.41, 5.74) is 2.68. The van der Waals surface area contributed by atoms with Crippen LogP contribution in [-0.4, -0.2) is 14.2 Å². The molecular weight excluding hydrogens is 388 g/mol. The molecule has 0 bridgehead atoms. The fraction of sp³-hybridized carbons (Fsp3) is 0.136. The number of allylic oxidation sites excluding steroid dienone is 1. The monoisotopic (exact) mass is 408 g/mol. The highest BCUT2D eigenvalue weighted by molar-refractivity contribution is 7.97. The predicted molar refractivity (Wildman–Crippen MR) is 111 cm³/mol. The number of sulfonamides is 1. The number of rotatable bonds is 5. The smallest absolute Gasteiger partial charge is 0.270 e. The van der Waals surface area contributed by atoms with Gasteiger partial charge in [-0.15, -0.1) is 0 Å². The van der Waals surface area contributed by atoms with Crippen molar-refractivity contribution in [2.24, 2.45) is 0 Å². The average molecular weight is 408 g/mol. The van der Waals surface area contributed by atoms with E-state index in [2.05, 4.69) is 5.32 Å². The third-order valence-corrected chi connectivity index (χ3v) is 6.51. The topological polar surface area (TPSA) is 79.6 Å². The van der Waals surface area contributed by atoms with Crippen LogP contribution in [0.4, 0.5) is 5.69 Å². The van der Waals surface area contributed by atoms with Gasteiger partial charge in [0.1, 0.15) is 5.76 Å². The van der Waals surface area contributed by atoms with Crippen LogP contribution in [0.15, 0.2) is 82.4 Å². The lowest BCUT2D eigenvalue weighted by molar-refractivity contribution is 0.104. The second-order valence-corrected chi connectivity index (χ2v) is 8.64. The predicted octanol–water partition coefficient (Wildman–Crippen LogP) is 3.75. The molecule has 1 aliphatic heterocycles. The van der Waals surface area contributed by atoms with E-state index in [1.54, 1.807) is 36.4 Å². The van der Waals surface area contributed by atoms with Gasteiger partial charge in [-0.2, -0.15) is 0 Å². The maximum Gasteiger partial charge on any atom is 0.270 e. The van der Waals surface area contributed by atoms with E-state index in [4.69, 9.17) is 4.42 Å². The van der Waals surface area contributed by atoms with Crippen LogP contribution in [-0.2, 0) is 23.1 Å². The standard InChI is InChI=1S/C22H20N2O4S/c1-16-8-10-17(11-9-16)15-24-20-7-3-2-6-19(20)22(25)21(29(24,26)27)14-23-13-18-5-4-12-28-18/h2-12,14,23H,13,15H2,1H3. The van der Waals surface area contributed by atoms with Crippen LogP contribution in [0.25, 0.3) is 0 Å². The molecular formula is C22H20N2O4S. The molecule has 2 heterocycles. The zero-order valence-corrected chi connectivity index (χ0v) is 16.6. The number of nitrogens with zero attached hydrogens (tertiary/aromatic N) is 1. The minimum Gasteiger partial charge on any atom is -0.467 e. The van der Waals surface area contributed by atoms with Crippen molar-refractivity contribution in [1.82, 2.24) is 5.32 Å². The van der Waals surface area contributed by atoms with E-state index in [0.29, 0.717) is 17.0 Å². The molecule has 4 rings (SSSR count). The largest absolute Gasteiger partial charge is 0.467 e. The van der Waals surface area contributed by atoms with Gasteiger partial charge in [0.2, 0.25) is 5.78 Å². The molecule has 0 fully saturated rings. The van der Waals surface area contributed by atoms with Gasteiger partial charge in [0.05, 0.1) is 25.0 Å². The first-order valence-corrected chi connectivity index (χ1v) is 10.6. The number of benzene rings is 2. The van der Waals surface area contributed by atoms with Gasteiger partial charge in [-0.1, -0.05) is 42.0 Å². The van der Waals surface area contributed by atoms with E-state index in [9.17, 15) is 13.2 Å². The van der Waals surface area contributed by atoms with E-state index < -0.39 is 15.8 Å². The highest BCUT2D eigenvalue weighted by Crippen LogP contribution is 2.35. The molecule has 0 amide bonds. The summed E-state index contributed by atoms with van der Waals surface area (Å²) < 4.78 is 33.2. The highest BCUT2D eigenvalue weighted by atomic mass is 32.2. The number of Topliss-reactive ketones (excluding diaryl/α,β-unsaturated/α-hetero) is 1. The molecule has 0 atom stereocenters. The van der Waals surface area contributed by atoms with Crippen molar-refractivity contribution < 1.29 is 17.6 Å². The first-order chi connectivity index (χ1) is 14.0. The van der Waals surface area contributed by atoms with Gasteiger partial charge >= 0.3 is 0 Å². The first-order valence-electron chi connectivity index (χ1n) is 9.15. The molecule has 29 heavy (non-hydrogen) atoms. The van der Waals surface area contributed by atoms with Crippen LogP contribution in [0, 0.1) is 6.92 Å². The summed E-state index contributed by atoms with van der Waals surface area (Å²) in [4.78, 5) is 12.6. The second kappa shape index (κ2) is 7.60. The highest BCUT2D eigenvalue weighted by Gasteiger charge is 2.39. The Morgan fingerprint density at radius 2 is 1.79 bits per heavy atom. The molecule has 0 radical (unpaired) electrons. The van der Waals surface area contributed by atoms with Crippen molar-refractivity contribution in [2.75, 3.05) is 4.31 Å². The molecule has 1 aliphatic rings. The molecule has 2 aromatic carbocycles. The Hall–Kier alpha value is -3.32. The number of carbonyl (C=O) groups is 1. The number of anilines is 1. The van der Waals surface area contributed by atoms with Crippen molar-refractivity contribution in [1.29, 1.82) is 0 Å². The molecule has 148 valence electrons. The van der Waals surface area contributed by atoms with Gasteiger partial charge in [0, 0.05) is 11.8 Å². The Morgan fingerprint density at radius 3 is 2.52 bits per heavy atom. The molecule has 7 heteroatoms. The summed E-state index contributed by atoms with van der Waals surface area (Å²) in [6.45, 7) is 2.39. The summed E-state index contributed by atoms with van der Waals surface area (Å²) in [5, 5.41) is 2.88. The van der Waals surface area contributed by atoms with E-state index in [1.807, 2.05) is 31.2 Å². The van der Waals surface area contributed by atoms with E-state index in [-0.39, 0.29) is 18.0 Å². The third-order valence-electron chi connectivity index (χ3n) is 4.75. The molecule has 0 saturated carbocycles. The fourth-order valence-corrected chi connectivity index (χ4v) is 4.76. The summed E-state index contributed by atoms with van der Waals surface area (Å²) in [5.74, 6) is 0.118. The van der Waals surface area contributed by atoms with Crippen LogP contribution in [0.3, 0.4) is 0 Å². The number of aryl methyl sites for hydroxylation is 1. The zero-order valence-electron chi connectivity index (χ0n) is 15.8. The van der Waals surface area contributed by atoms with E-state index in [0.717, 1.165) is 11.1 Å². The molecule has 6 nitrogen and oxygen atoms in total. The van der Waals surface area contributed by atoms with Crippen LogP contribution in [0.2, 0.25) is 0 Å². The Morgan fingerprint density at radius 1 is 1.03 bits per heavy atom. The molecule has 0 saturated heterocycles. The third kappa shape index (κ3) is 3.69. The zero-order chi connectivity index (χ0) is 20.4. The number of fused-ring (bicyclic) bond motifs is 1. The van der Waals surface area contributed by atoms with Gasteiger partial charge < -0.3 is 9.73 Å². The van der Waals surface area contributed by atoms with E-state index in [1.165, 1.54) is 16.8 Å². The van der Waals surface area contributed by atoms with Crippen LogP contribution in [0.5, 0.6) is 0 Å². The average Bonchev–Trinajstić information content (AvgIpc) is 3.23. The molecule has 0 aliphatic carbocycles. The van der Waals surface area contributed by atoms with Crippen molar-refractivity contribution in [3.8, 4) is 0 Å². The van der Waals surface area contributed by atoms with Gasteiger partial charge in [-0.3, -0.25) is 9.10 Å². The summed E-state index contributed by atoms with van der Waals surface area (Å²) in [7, 11) is -4.02. The number of hydrogen-bond acceptors (Lipinski definition) is 5. The molecule has 0 spiro atoms.